The minimum absolute atomic E-state index is 0.188. The summed E-state index contributed by atoms with van der Waals surface area (Å²) in [6.07, 6.45) is 4.51. The number of aromatic nitrogens is 2. The third kappa shape index (κ3) is 2.71. The van der Waals surface area contributed by atoms with E-state index in [0.29, 0.717) is 19.4 Å². The lowest BCUT2D eigenvalue weighted by Crippen LogP contribution is -2.50. The summed E-state index contributed by atoms with van der Waals surface area (Å²) in [5, 5.41) is 5.47. The number of carbonyl (C=O) groups excluding carboxylic acids is 2. The number of nitrogens with one attached hydrogen (secondary N) is 2. The molecule has 2 heterocycles. The van der Waals surface area contributed by atoms with Crippen LogP contribution in [0.2, 0.25) is 0 Å². The van der Waals surface area contributed by atoms with Crippen LogP contribution in [0.15, 0.2) is 12.5 Å². The molecule has 92 valence electrons. The van der Waals surface area contributed by atoms with E-state index in [9.17, 15) is 9.59 Å². The van der Waals surface area contributed by atoms with E-state index in [2.05, 4.69) is 15.6 Å². The number of piperidine rings is 1. The number of rotatable bonds is 4. The molecule has 2 rings (SSSR count). The maximum absolute atomic E-state index is 11.5. The van der Waals surface area contributed by atoms with Crippen molar-refractivity contribution in [3.63, 3.8) is 0 Å². The molecule has 2 N–H and O–H groups in total. The zero-order chi connectivity index (χ0) is 12.3. The maximum Gasteiger partial charge on any atom is 0.243 e. The molecule has 1 saturated heterocycles. The Bertz CT molecular complexity index is 427. The summed E-state index contributed by atoms with van der Waals surface area (Å²) in [7, 11) is 0. The van der Waals surface area contributed by atoms with E-state index in [-0.39, 0.29) is 17.9 Å². The van der Waals surface area contributed by atoms with E-state index in [0.717, 1.165) is 12.2 Å². The lowest BCUT2D eigenvalue weighted by atomic mass is 10.1. The average molecular weight is 236 g/mol. The molecule has 1 aromatic heterocycles. The molecule has 6 nitrogen and oxygen atoms in total. The first-order valence-corrected chi connectivity index (χ1v) is 5.76. The summed E-state index contributed by atoms with van der Waals surface area (Å²) >= 11 is 0. The van der Waals surface area contributed by atoms with Crippen molar-refractivity contribution in [1.82, 2.24) is 20.2 Å². The van der Waals surface area contributed by atoms with Gasteiger partial charge in [-0.05, 0) is 13.3 Å². The summed E-state index contributed by atoms with van der Waals surface area (Å²) in [5.41, 5.74) is 1.04. The quantitative estimate of drug-likeness (QED) is 0.710. The van der Waals surface area contributed by atoms with Crippen LogP contribution in [0.3, 0.4) is 0 Å². The van der Waals surface area contributed by atoms with Gasteiger partial charge in [-0.15, -0.1) is 0 Å². The molecule has 0 bridgehead atoms. The summed E-state index contributed by atoms with van der Waals surface area (Å²) in [4.78, 5) is 26.5. The van der Waals surface area contributed by atoms with E-state index in [4.69, 9.17) is 0 Å². The van der Waals surface area contributed by atoms with Gasteiger partial charge in [-0.25, -0.2) is 4.98 Å². The lowest BCUT2D eigenvalue weighted by molar-refractivity contribution is -0.134. The number of hydrogen-bond acceptors (Lipinski definition) is 4. The van der Waals surface area contributed by atoms with Crippen molar-refractivity contribution in [2.24, 2.45) is 0 Å². The third-order valence-electron chi connectivity index (χ3n) is 2.91. The Kier molecular flexibility index (Phi) is 3.53. The summed E-state index contributed by atoms with van der Waals surface area (Å²) < 4.78 is 2.01. The highest BCUT2D eigenvalue weighted by Gasteiger charge is 2.25. The molecule has 0 aromatic carbocycles. The van der Waals surface area contributed by atoms with Crippen molar-refractivity contribution in [3.05, 3.63) is 18.2 Å². The predicted molar refractivity (Wildman–Crippen MR) is 60.9 cm³/mol. The molecule has 1 fully saturated rings. The van der Waals surface area contributed by atoms with Gasteiger partial charge in [-0.1, -0.05) is 0 Å². The number of imidazole rings is 1. The summed E-state index contributed by atoms with van der Waals surface area (Å²) in [6.45, 7) is 3.48. The van der Waals surface area contributed by atoms with Gasteiger partial charge in [0.05, 0.1) is 18.1 Å². The Labute approximate surface area is 99.4 Å². The van der Waals surface area contributed by atoms with Crippen molar-refractivity contribution in [1.29, 1.82) is 0 Å². The Morgan fingerprint density at radius 2 is 2.41 bits per heavy atom. The highest BCUT2D eigenvalue weighted by Crippen LogP contribution is 2.06. The van der Waals surface area contributed by atoms with Gasteiger partial charge in [0.15, 0.2) is 0 Å². The molecular weight excluding hydrogens is 220 g/mol. The smallest absolute Gasteiger partial charge is 0.243 e. The van der Waals surface area contributed by atoms with Crippen molar-refractivity contribution >= 4 is 11.8 Å². The number of nitrogens with zero attached hydrogens (tertiary/aromatic N) is 2. The highest BCUT2D eigenvalue weighted by atomic mass is 16.2. The van der Waals surface area contributed by atoms with Crippen molar-refractivity contribution < 1.29 is 9.59 Å². The average Bonchev–Trinajstić information content (AvgIpc) is 2.75. The van der Waals surface area contributed by atoms with E-state index < -0.39 is 0 Å². The first kappa shape index (κ1) is 11.8. The first-order chi connectivity index (χ1) is 8.20. The minimum atomic E-state index is -0.284. The van der Waals surface area contributed by atoms with Crippen LogP contribution in [0.5, 0.6) is 0 Å². The van der Waals surface area contributed by atoms with Gasteiger partial charge in [0.1, 0.15) is 0 Å². The van der Waals surface area contributed by atoms with Gasteiger partial charge in [-0.3, -0.25) is 14.9 Å². The lowest BCUT2D eigenvalue weighted by Gasteiger charge is -2.21. The molecule has 0 spiro atoms. The zero-order valence-corrected chi connectivity index (χ0v) is 9.77. The molecule has 2 amide bonds. The van der Waals surface area contributed by atoms with Crippen LogP contribution in [0.25, 0.3) is 0 Å². The number of aryl methyl sites for hydroxylation is 1. The molecule has 1 aliphatic heterocycles. The fraction of sp³-hybridized carbons (Fsp3) is 0.545. The van der Waals surface area contributed by atoms with Crippen LogP contribution in [-0.2, 0) is 22.7 Å². The molecule has 0 aliphatic carbocycles. The molecule has 0 saturated carbocycles. The van der Waals surface area contributed by atoms with Gasteiger partial charge >= 0.3 is 0 Å². The third-order valence-corrected chi connectivity index (χ3v) is 2.91. The van der Waals surface area contributed by atoms with Crippen LogP contribution in [0.4, 0.5) is 0 Å². The van der Waals surface area contributed by atoms with Gasteiger partial charge < -0.3 is 9.88 Å². The van der Waals surface area contributed by atoms with E-state index >= 15 is 0 Å². The van der Waals surface area contributed by atoms with Gasteiger partial charge in [0.2, 0.25) is 11.8 Å². The second kappa shape index (κ2) is 5.09. The zero-order valence-electron chi connectivity index (χ0n) is 9.77. The van der Waals surface area contributed by atoms with Gasteiger partial charge in [0.25, 0.3) is 0 Å². The Balaban J connectivity index is 1.90. The van der Waals surface area contributed by atoms with E-state index in [1.807, 2.05) is 11.5 Å². The second-order valence-corrected chi connectivity index (χ2v) is 4.06. The van der Waals surface area contributed by atoms with E-state index in [1.165, 1.54) is 0 Å². The maximum atomic E-state index is 11.5. The fourth-order valence-corrected chi connectivity index (χ4v) is 1.90. The first-order valence-electron chi connectivity index (χ1n) is 5.76. The summed E-state index contributed by atoms with van der Waals surface area (Å²) in [5.74, 6) is -0.421. The number of carbonyl (C=O) groups is 2. The van der Waals surface area contributed by atoms with Crippen molar-refractivity contribution in [3.8, 4) is 0 Å². The molecule has 0 radical (unpaired) electrons. The molecule has 1 aromatic rings. The second-order valence-electron chi connectivity index (χ2n) is 4.06. The van der Waals surface area contributed by atoms with Gasteiger partial charge in [-0.2, -0.15) is 0 Å². The number of amides is 2. The minimum Gasteiger partial charge on any atom is -0.334 e. The molecule has 17 heavy (non-hydrogen) atoms. The SMILES string of the molecule is CCn1cncc1CNC1CCC(=O)NC1=O. The predicted octanol–water partition coefficient (Wildman–Crippen LogP) is -0.202. The molecule has 1 aliphatic rings. The number of hydrogen-bond donors (Lipinski definition) is 2. The summed E-state index contributed by atoms with van der Waals surface area (Å²) in [6, 6.07) is -0.284. The molecule has 6 heteroatoms. The van der Waals surface area contributed by atoms with Crippen LogP contribution in [0, 0.1) is 0 Å². The van der Waals surface area contributed by atoms with Crippen LogP contribution in [0.1, 0.15) is 25.5 Å². The topological polar surface area (TPSA) is 76.0 Å². The highest BCUT2D eigenvalue weighted by molar-refractivity contribution is 6.00. The van der Waals surface area contributed by atoms with Crippen molar-refractivity contribution in [2.45, 2.75) is 38.9 Å². The number of imide groups is 1. The molecule has 1 unspecified atom stereocenters. The van der Waals surface area contributed by atoms with Gasteiger partial charge in [0, 0.05) is 25.7 Å². The standard InChI is InChI=1S/C11H16N4O2/c1-2-15-7-12-5-8(15)6-13-9-3-4-10(16)14-11(9)17/h5,7,9,13H,2-4,6H2,1H3,(H,14,16,17). The normalized spacial score (nSPS) is 20.4. The van der Waals surface area contributed by atoms with Crippen LogP contribution >= 0.6 is 0 Å². The van der Waals surface area contributed by atoms with E-state index in [1.54, 1.807) is 12.5 Å². The fourth-order valence-electron chi connectivity index (χ4n) is 1.90. The Morgan fingerprint density at radius 1 is 1.59 bits per heavy atom. The monoisotopic (exact) mass is 236 g/mol. The Morgan fingerprint density at radius 3 is 3.12 bits per heavy atom. The van der Waals surface area contributed by atoms with Crippen LogP contribution in [-0.4, -0.2) is 27.4 Å². The van der Waals surface area contributed by atoms with Crippen molar-refractivity contribution in [2.75, 3.05) is 0 Å². The molecular formula is C11H16N4O2. The Hall–Kier alpha value is -1.69. The van der Waals surface area contributed by atoms with Crippen LogP contribution < -0.4 is 10.6 Å². The largest absolute Gasteiger partial charge is 0.334 e. The molecule has 1 atom stereocenters.